The third-order valence-electron chi connectivity index (χ3n) is 8.17. The first-order valence-corrected chi connectivity index (χ1v) is 15.8. The van der Waals surface area contributed by atoms with Crippen molar-refractivity contribution in [1.29, 1.82) is 0 Å². The van der Waals surface area contributed by atoms with E-state index in [1.54, 1.807) is 6.20 Å². The van der Waals surface area contributed by atoms with Gasteiger partial charge < -0.3 is 16.0 Å². The van der Waals surface area contributed by atoms with Crippen LogP contribution in [0.2, 0.25) is 0 Å². The number of rotatable bonds is 17. The van der Waals surface area contributed by atoms with Crippen molar-refractivity contribution in [2.24, 2.45) is 0 Å². The maximum Gasteiger partial charge on any atom is 0.243 e. The molecule has 1 atom stereocenters. The fourth-order valence-electron chi connectivity index (χ4n) is 5.66. The molecule has 3 aromatic rings. The molecule has 0 aliphatic carbocycles. The van der Waals surface area contributed by atoms with Gasteiger partial charge in [0.25, 0.3) is 0 Å². The molecule has 1 aliphatic heterocycles. The fourth-order valence-corrected chi connectivity index (χ4v) is 5.66. The molecule has 1 aliphatic rings. The van der Waals surface area contributed by atoms with Crippen LogP contribution < -0.4 is 16.0 Å². The lowest BCUT2D eigenvalue weighted by atomic mass is 9.88. The average molecular weight is 599 g/mol. The molecule has 2 heterocycles. The summed E-state index contributed by atoms with van der Waals surface area (Å²) in [7, 11) is 0. The summed E-state index contributed by atoms with van der Waals surface area (Å²) in [5, 5.41) is 9.23. The molecule has 9 nitrogen and oxygen atoms in total. The second-order valence-corrected chi connectivity index (χ2v) is 11.3. The molecule has 3 amide bonds. The summed E-state index contributed by atoms with van der Waals surface area (Å²) in [4.78, 5) is 47.0. The first kappa shape index (κ1) is 33.0. The molecule has 1 saturated heterocycles. The van der Waals surface area contributed by atoms with Crippen molar-refractivity contribution in [3.05, 3.63) is 102 Å². The van der Waals surface area contributed by atoms with Gasteiger partial charge in [-0.25, -0.2) is 0 Å². The number of benzene rings is 2. The van der Waals surface area contributed by atoms with Crippen LogP contribution in [0.5, 0.6) is 0 Å². The monoisotopic (exact) mass is 598 g/mol. The maximum atomic E-state index is 13.3. The van der Waals surface area contributed by atoms with E-state index in [-0.39, 0.29) is 31.5 Å². The van der Waals surface area contributed by atoms with E-state index in [2.05, 4.69) is 57.0 Å². The molecule has 1 fully saturated rings. The number of nitrogens with zero attached hydrogens (tertiary/aromatic N) is 3. The topological polar surface area (TPSA) is 107 Å². The second-order valence-electron chi connectivity index (χ2n) is 11.3. The van der Waals surface area contributed by atoms with Gasteiger partial charge in [0.1, 0.15) is 6.54 Å². The number of hydrogen-bond donors (Lipinski definition) is 3. The van der Waals surface area contributed by atoms with Crippen LogP contribution in [0, 0.1) is 0 Å². The smallest absolute Gasteiger partial charge is 0.243 e. The summed E-state index contributed by atoms with van der Waals surface area (Å²) in [6.07, 6.45) is 5.45. The van der Waals surface area contributed by atoms with Gasteiger partial charge in [0.2, 0.25) is 17.7 Å². The van der Waals surface area contributed by atoms with Gasteiger partial charge in [0.15, 0.2) is 0 Å². The Morgan fingerprint density at radius 2 is 1.50 bits per heavy atom. The molecule has 9 heteroatoms. The largest absolute Gasteiger partial charge is 0.354 e. The van der Waals surface area contributed by atoms with Gasteiger partial charge in [-0.15, -0.1) is 0 Å². The van der Waals surface area contributed by atoms with Crippen molar-refractivity contribution in [2.45, 2.75) is 44.6 Å². The van der Waals surface area contributed by atoms with Crippen molar-refractivity contribution in [2.75, 3.05) is 52.4 Å². The quantitative estimate of drug-likeness (QED) is 0.205. The summed E-state index contributed by atoms with van der Waals surface area (Å²) in [5.41, 5.74) is 3.28. The molecule has 0 unspecified atom stereocenters. The van der Waals surface area contributed by atoms with Crippen LogP contribution >= 0.6 is 0 Å². The first-order chi connectivity index (χ1) is 21.5. The number of carbonyl (C=O) groups excluding carboxylic acids is 3. The normalized spacial score (nSPS) is 14.9. The van der Waals surface area contributed by atoms with Gasteiger partial charge in [-0.05, 0) is 62.5 Å². The highest BCUT2D eigenvalue weighted by molar-refractivity contribution is 6.00. The minimum absolute atomic E-state index is 0.000729. The van der Waals surface area contributed by atoms with E-state index in [9.17, 15) is 14.4 Å². The second kappa shape index (κ2) is 18.0. The molecular formula is C35H46N6O3. The molecule has 234 valence electrons. The van der Waals surface area contributed by atoms with Crippen molar-refractivity contribution < 1.29 is 14.4 Å². The van der Waals surface area contributed by atoms with Crippen LogP contribution in [0.3, 0.4) is 0 Å². The number of carbonyl (C=O) groups is 3. The van der Waals surface area contributed by atoms with Crippen LogP contribution in [-0.2, 0) is 20.8 Å². The number of pyridine rings is 1. The third kappa shape index (κ3) is 10.7. The summed E-state index contributed by atoms with van der Waals surface area (Å²) in [5.74, 6) is -1.02. The lowest BCUT2D eigenvalue weighted by molar-refractivity contribution is -0.147. The lowest BCUT2D eigenvalue weighted by Gasteiger charge is -2.23. The maximum absolute atomic E-state index is 13.3. The highest BCUT2D eigenvalue weighted by Crippen LogP contribution is 2.27. The van der Waals surface area contributed by atoms with E-state index in [4.69, 9.17) is 0 Å². The summed E-state index contributed by atoms with van der Waals surface area (Å²) in [6, 6.07) is 26.8. The lowest BCUT2D eigenvalue weighted by Crippen LogP contribution is -2.50. The number of imide groups is 1. The molecule has 2 aromatic carbocycles. The Balaban J connectivity index is 1.29. The SMILES string of the molecule is C[C@H]1CCCN1CCNCC(=O)N(CC(=O)NCCc1ccccn1)C(=O)CNCCC(c1ccccc1)c1ccccc1. The van der Waals surface area contributed by atoms with Gasteiger partial charge in [-0.2, -0.15) is 0 Å². The molecule has 0 radical (unpaired) electrons. The predicted molar refractivity (Wildman–Crippen MR) is 173 cm³/mol. The van der Waals surface area contributed by atoms with E-state index in [0.717, 1.165) is 30.1 Å². The molecular weight excluding hydrogens is 552 g/mol. The van der Waals surface area contributed by atoms with Crippen LogP contribution in [0.4, 0.5) is 0 Å². The van der Waals surface area contributed by atoms with Crippen molar-refractivity contribution in [3.8, 4) is 0 Å². The van der Waals surface area contributed by atoms with Crippen LogP contribution in [0.15, 0.2) is 85.1 Å². The van der Waals surface area contributed by atoms with E-state index in [1.807, 2.05) is 54.6 Å². The molecule has 0 bridgehead atoms. The van der Waals surface area contributed by atoms with Crippen LogP contribution in [0.25, 0.3) is 0 Å². The standard InChI is InChI=1S/C35H46N6O3/c1-28-11-10-23-40(28)24-22-37-26-35(44)41(27-33(42)39-21-17-31-16-8-9-19-38-31)34(43)25-36-20-18-32(29-12-4-2-5-13-29)30-14-6-3-7-15-30/h2-9,12-16,19,28,32,36-37H,10-11,17-18,20-27H2,1H3,(H,39,42)/t28-/m0/s1. The Morgan fingerprint density at radius 1 is 0.864 bits per heavy atom. The van der Waals surface area contributed by atoms with Crippen LogP contribution in [-0.4, -0.2) is 90.9 Å². The van der Waals surface area contributed by atoms with Crippen molar-refractivity contribution in [1.82, 2.24) is 30.7 Å². The zero-order chi connectivity index (χ0) is 31.0. The number of hydrogen-bond acceptors (Lipinski definition) is 7. The molecule has 0 saturated carbocycles. The van der Waals surface area contributed by atoms with Crippen molar-refractivity contribution in [3.63, 3.8) is 0 Å². The van der Waals surface area contributed by atoms with E-state index < -0.39 is 11.8 Å². The summed E-state index contributed by atoms with van der Waals surface area (Å²) >= 11 is 0. The van der Waals surface area contributed by atoms with Crippen LogP contribution in [0.1, 0.15) is 48.9 Å². The van der Waals surface area contributed by atoms with Gasteiger partial charge >= 0.3 is 0 Å². The number of likely N-dealkylation sites (tertiary alicyclic amines) is 1. The number of aromatic nitrogens is 1. The Labute approximate surface area is 261 Å². The summed E-state index contributed by atoms with van der Waals surface area (Å²) < 4.78 is 0. The molecule has 4 rings (SSSR count). The predicted octanol–water partition coefficient (Wildman–Crippen LogP) is 2.98. The first-order valence-electron chi connectivity index (χ1n) is 15.8. The Bertz CT molecular complexity index is 1250. The molecule has 44 heavy (non-hydrogen) atoms. The van der Waals surface area contributed by atoms with E-state index >= 15 is 0 Å². The van der Waals surface area contributed by atoms with Gasteiger partial charge in [0.05, 0.1) is 13.1 Å². The zero-order valence-corrected chi connectivity index (χ0v) is 25.8. The number of nitrogens with one attached hydrogen (secondary N) is 3. The van der Waals surface area contributed by atoms with Gasteiger partial charge in [-0.1, -0.05) is 66.7 Å². The molecule has 0 spiro atoms. The zero-order valence-electron chi connectivity index (χ0n) is 25.8. The van der Waals surface area contributed by atoms with Gasteiger partial charge in [0, 0.05) is 49.9 Å². The third-order valence-corrected chi connectivity index (χ3v) is 8.17. The molecule has 3 N–H and O–H groups in total. The summed E-state index contributed by atoms with van der Waals surface area (Å²) in [6.45, 7) is 5.38. The Morgan fingerprint density at radius 3 is 2.09 bits per heavy atom. The minimum atomic E-state index is -0.416. The van der Waals surface area contributed by atoms with Crippen molar-refractivity contribution >= 4 is 17.7 Å². The Kier molecular flexibility index (Phi) is 13.5. The molecule has 1 aromatic heterocycles. The Hall–Kier alpha value is -3.92. The highest BCUT2D eigenvalue weighted by Gasteiger charge is 2.24. The average Bonchev–Trinajstić information content (AvgIpc) is 3.47. The van der Waals surface area contributed by atoms with E-state index in [1.165, 1.54) is 24.0 Å². The highest BCUT2D eigenvalue weighted by atomic mass is 16.2. The minimum Gasteiger partial charge on any atom is -0.354 e. The van der Waals surface area contributed by atoms with Gasteiger partial charge in [-0.3, -0.25) is 29.2 Å². The van der Waals surface area contributed by atoms with E-state index in [0.29, 0.717) is 32.1 Å². The number of amides is 3. The fraction of sp³-hybridized carbons (Fsp3) is 0.429.